The van der Waals surface area contributed by atoms with Gasteiger partial charge >= 0.3 is 0 Å². The maximum absolute atomic E-state index is 11.0. The van der Waals surface area contributed by atoms with Gasteiger partial charge in [-0.3, -0.25) is 4.99 Å². The molecule has 0 saturated carbocycles. The summed E-state index contributed by atoms with van der Waals surface area (Å²) in [4.78, 5) is 4.71. The van der Waals surface area contributed by atoms with Crippen molar-refractivity contribution in [2.24, 2.45) is 4.99 Å². The molecule has 0 fully saturated rings. The number of aliphatic imine (C=N–C) groups is 1. The van der Waals surface area contributed by atoms with Gasteiger partial charge < -0.3 is 9.52 Å². The van der Waals surface area contributed by atoms with Crippen LogP contribution >= 0.6 is 0 Å². The van der Waals surface area contributed by atoms with Gasteiger partial charge in [0.2, 0.25) is 0 Å². The van der Waals surface area contributed by atoms with Crippen molar-refractivity contribution in [3.05, 3.63) is 102 Å². The van der Waals surface area contributed by atoms with Gasteiger partial charge in [0.25, 0.3) is 0 Å². The number of aryl methyl sites for hydroxylation is 1. The second kappa shape index (κ2) is 7.83. The van der Waals surface area contributed by atoms with E-state index in [9.17, 15) is 5.11 Å². The summed E-state index contributed by atoms with van der Waals surface area (Å²) in [7, 11) is 0. The van der Waals surface area contributed by atoms with Gasteiger partial charge in [-0.15, -0.1) is 6.58 Å². The molecule has 3 aromatic rings. The Morgan fingerprint density at radius 3 is 2.71 bits per heavy atom. The average molecular weight is 369 g/mol. The molecule has 1 unspecified atom stereocenters. The third kappa shape index (κ3) is 3.75. The van der Waals surface area contributed by atoms with Crippen LogP contribution in [0.2, 0.25) is 0 Å². The van der Waals surface area contributed by atoms with E-state index in [2.05, 4.69) is 12.6 Å². The Kier molecular flexibility index (Phi) is 5.09. The molecular formula is C25H23NO2. The number of allylic oxidation sites excluding steroid dienone is 3. The van der Waals surface area contributed by atoms with Crippen LogP contribution in [-0.2, 0) is 6.54 Å². The molecule has 0 spiro atoms. The van der Waals surface area contributed by atoms with Crippen LogP contribution in [0.1, 0.15) is 23.3 Å². The molecule has 0 amide bonds. The second-order valence-electron chi connectivity index (χ2n) is 7.05. The maximum Gasteiger partial charge on any atom is 0.134 e. The van der Waals surface area contributed by atoms with Crippen molar-refractivity contribution in [1.82, 2.24) is 0 Å². The van der Waals surface area contributed by atoms with E-state index in [1.54, 1.807) is 0 Å². The van der Waals surface area contributed by atoms with Crippen molar-refractivity contribution in [3.8, 4) is 0 Å². The summed E-state index contributed by atoms with van der Waals surface area (Å²) in [6, 6.07) is 18.1. The fourth-order valence-corrected chi connectivity index (χ4v) is 3.53. The molecular weight excluding hydrogens is 346 g/mol. The van der Waals surface area contributed by atoms with Crippen molar-refractivity contribution in [1.29, 1.82) is 0 Å². The summed E-state index contributed by atoms with van der Waals surface area (Å²) >= 11 is 0. The smallest absolute Gasteiger partial charge is 0.134 e. The predicted octanol–water partition coefficient (Wildman–Crippen LogP) is 5.64. The van der Waals surface area contributed by atoms with Gasteiger partial charge in [-0.05, 0) is 59.9 Å². The number of aliphatic hydroxyl groups is 1. The zero-order valence-electron chi connectivity index (χ0n) is 15.9. The molecule has 0 aliphatic heterocycles. The number of benzene rings is 2. The minimum absolute atomic E-state index is 0.540. The number of nitrogens with zero attached hydrogens (tertiary/aromatic N) is 1. The molecule has 140 valence electrons. The number of hydrogen-bond donors (Lipinski definition) is 1. The van der Waals surface area contributed by atoms with Crippen molar-refractivity contribution in [2.75, 3.05) is 0 Å². The van der Waals surface area contributed by atoms with Gasteiger partial charge in [0, 0.05) is 5.39 Å². The Balaban J connectivity index is 1.70. The first kappa shape index (κ1) is 18.2. The summed E-state index contributed by atoms with van der Waals surface area (Å²) in [5.74, 6) is 0.877. The molecule has 28 heavy (non-hydrogen) atoms. The lowest BCUT2D eigenvalue weighted by atomic mass is 9.88. The molecule has 0 saturated heterocycles. The van der Waals surface area contributed by atoms with Gasteiger partial charge in [-0.2, -0.15) is 0 Å². The highest BCUT2D eigenvalue weighted by molar-refractivity contribution is 6.09. The predicted molar refractivity (Wildman–Crippen MR) is 115 cm³/mol. The second-order valence-corrected chi connectivity index (χ2v) is 7.05. The molecule has 1 aliphatic carbocycles. The standard InChI is InChI=1S/C25H23NO2/c1-3-7-19-13-22(20-10-11-24-21(15-20)12-17(2)28-24)25(27)23(14-19)26-16-18-8-5-4-6-9-18/h3-6,8-15,25,27H,1,7,16H2,2H3/b26-23+. The quantitative estimate of drug-likeness (QED) is 0.591. The zero-order valence-corrected chi connectivity index (χ0v) is 15.9. The molecule has 3 heteroatoms. The van der Waals surface area contributed by atoms with Crippen molar-refractivity contribution in [2.45, 2.75) is 26.0 Å². The van der Waals surface area contributed by atoms with E-state index < -0.39 is 6.10 Å². The Hall–Kier alpha value is -3.17. The SMILES string of the molecule is C=CCC1=C/C(=N\Cc2ccccc2)C(O)C(c2ccc3oc(C)cc3c2)=C1. The third-order valence-corrected chi connectivity index (χ3v) is 4.89. The highest BCUT2D eigenvalue weighted by Gasteiger charge is 2.23. The van der Waals surface area contributed by atoms with Crippen LogP contribution in [-0.4, -0.2) is 16.9 Å². The molecule has 1 aliphatic rings. The van der Waals surface area contributed by atoms with E-state index in [0.29, 0.717) is 12.3 Å². The normalized spacial score (nSPS) is 18.2. The van der Waals surface area contributed by atoms with Gasteiger partial charge in [-0.1, -0.05) is 48.6 Å². The van der Waals surface area contributed by atoms with Gasteiger partial charge in [0.05, 0.1) is 12.3 Å². The minimum Gasteiger partial charge on any atom is -0.461 e. The summed E-state index contributed by atoms with van der Waals surface area (Å²) < 4.78 is 5.68. The first-order valence-electron chi connectivity index (χ1n) is 9.44. The lowest BCUT2D eigenvalue weighted by Crippen LogP contribution is -2.24. The number of aliphatic hydroxyl groups excluding tert-OH is 1. The molecule has 4 rings (SSSR count). The monoisotopic (exact) mass is 369 g/mol. The van der Waals surface area contributed by atoms with Crippen LogP contribution in [0.25, 0.3) is 16.5 Å². The van der Waals surface area contributed by atoms with Crippen LogP contribution in [0.4, 0.5) is 0 Å². The van der Waals surface area contributed by atoms with Crippen LogP contribution in [0.3, 0.4) is 0 Å². The zero-order chi connectivity index (χ0) is 19.5. The number of rotatable bonds is 5. The fraction of sp³-hybridized carbons (Fsp3) is 0.160. The average Bonchev–Trinajstić information content (AvgIpc) is 3.08. The lowest BCUT2D eigenvalue weighted by Gasteiger charge is -2.22. The van der Waals surface area contributed by atoms with E-state index >= 15 is 0 Å². The Morgan fingerprint density at radius 2 is 1.93 bits per heavy atom. The summed E-state index contributed by atoms with van der Waals surface area (Å²) in [5, 5.41) is 12.1. The molecule has 0 radical (unpaired) electrons. The first-order chi connectivity index (χ1) is 13.6. The number of furan rings is 1. The lowest BCUT2D eigenvalue weighted by molar-refractivity contribution is 0.297. The van der Waals surface area contributed by atoms with Crippen LogP contribution in [0, 0.1) is 6.92 Å². The molecule has 1 heterocycles. The van der Waals surface area contributed by atoms with Crippen LogP contribution in [0.5, 0.6) is 0 Å². The minimum atomic E-state index is -0.761. The largest absolute Gasteiger partial charge is 0.461 e. The molecule has 0 bridgehead atoms. The van der Waals surface area contributed by atoms with Crippen molar-refractivity contribution in [3.63, 3.8) is 0 Å². The summed E-state index contributed by atoms with van der Waals surface area (Å²) in [6.45, 7) is 6.33. The Morgan fingerprint density at radius 1 is 1.11 bits per heavy atom. The first-order valence-corrected chi connectivity index (χ1v) is 9.44. The van der Waals surface area contributed by atoms with E-state index in [1.807, 2.05) is 73.7 Å². The van der Waals surface area contributed by atoms with E-state index in [4.69, 9.17) is 9.41 Å². The Labute approximate surface area is 165 Å². The van der Waals surface area contributed by atoms with Crippen molar-refractivity contribution >= 4 is 22.3 Å². The fourth-order valence-electron chi connectivity index (χ4n) is 3.53. The van der Waals surface area contributed by atoms with Gasteiger partial charge in [-0.25, -0.2) is 0 Å². The summed E-state index contributed by atoms with van der Waals surface area (Å²) in [5.41, 5.74) is 5.57. The molecule has 3 nitrogen and oxygen atoms in total. The topological polar surface area (TPSA) is 45.7 Å². The molecule has 1 atom stereocenters. The van der Waals surface area contributed by atoms with Gasteiger partial charge in [0.1, 0.15) is 17.4 Å². The maximum atomic E-state index is 11.0. The van der Waals surface area contributed by atoms with Crippen LogP contribution in [0.15, 0.2) is 94.4 Å². The summed E-state index contributed by atoms with van der Waals surface area (Å²) in [6.07, 6.45) is 5.85. The van der Waals surface area contributed by atoms with E-state index in [0.717, 1.165) is 45.4 Å². The number of fused-ring (bicyclic) bond motifs is 1. The highest BCUT2D eigenvalue weighted by atomic mass is 16.3. The van der Waals surface area contributed by atoms with Crippen LogP contribution < -0.4 is 0 Å². The highest BCUT2D eigenvalue weighted by Crippen LogP contribution is 2.30. The van der Waals surface area contributed by atoms with Crippen molar-refractivity contribution < 1.29 is 9.52 Å². The molecule has 1 aromatic heterocycles. The third-order valence-electron chi connectivity index (χ3n) is 4.89. The molecule has 2 aromatic carbocycles. The van der Waals surface area contributed by atoms with E-state index in [1.165, 1.54) is 0 Å². The Bertz CT molecular complexity index is 1100. The molecule has 1 N–H and O–H groups in total. The van der Waals surface area contributed by atoms with E-state index in [-0.39, 0.29) is 0 Å². The van der Waals surface area contributed by atoms with Gasteiger partial charge in [0.15, 0.2) is 0 Å². The number of hydrogen-bond acceptors (Lipinski definition) is 3.